The fraction of sp³-hybridized carbons (Fsp3) is 0.286. The summed E-state index contributed by atoms with van der Waals surface area (Å²) in [5.41, 5.74) is 2.69. The highest BCUT2D eigenvalue weighted by molar-refractivity contribution is 5.89. The van der Waals surface area contributed by atoms with Gasteiger partial charge in [-0.1, -0.05) is 6.07 Å². The monoisotopic (exact) mass is 270 g/mol. The molecular weight excluding hydrogens is 256 g/mol. The Morgan fingerprint density at radius 2 is 2.25 bits per heavy atom. The minimum absolute atomic E-state index is 0.324. The molecule has 2 aromatic heterocycles. The summed E-state index contributed by atoms with van der Waals surface area (Å²) in [6.45, 7) is 1.43. The van der Waals surface area contributed by atoms with Crippen LogP contribution in [0.1, 0.15) is 21.7 Å². The topological polar surface area (TPSA) is 77.0 Å². The second-order valence-corrected chi connectivity index (χ2v) is 4.45. The lowest BCUT2D eigenvalue weighted by molar-refractivity contribution is 0.0592. The SMILES string of the molecule is COC(=O)c1nc(-c2ccccn2)nc2c1CNCC2. The van der Waals surface area contributed by atoms with Gasteiger partial charge in [-0.15, -0.1) is 0 Å². The van der Waals surface area contributed by atoms with Gasteiger partial charge in [0.15, 0.2) is 11.5 Å². The lowest BCUT2D eigenvalue weighted by atomic mass is 10.0. The molecule has 0 bridgehead atoms. The summed E-state index contributed by atoms with van der Waals surface area (Å²) >= 11 is 0. The zero-order chi connectivity index (χ0) is 13.9. The summed E-state index contributed by atoms with van der Waals surface area (Å²) in [4.78, 5) is 25.0. The summed E-state index contributed by atoms with van der Waals surface area (Å²) in [7, 11) is 1.35. The molecule has 0 amide bonds. The highest BCUT2D eigenvalue weighted by Crippen LogP contribution is 2.20. The number of carbonyl (C=O) groups excluding carboxylic acids is 1. The molecule has 3 heterocycles. The molecule has 0 atom stereocenters. The van der Waals surface area contributed by atoms with Gasteiger partial charge in [-0.05, 0) is 12.1 Å². The van der Waals surface area contributed by atoms with Gasteiger partial charge in [-0.3, -0.25) is 4.98 Å². The maximum absolute atomic E-state index is 11.9. The number of fused-ring (bicyclic) bond motifs is 1. The van der Waals surface area contributed by atoms with Crippen molar-refractivity contribution in [1.82, 2.24) is 20.3 Å². The Labute approximate surface area is 116 Å². The van der Waals surface area contributed by atoms with Crippen LogP contribution in [0.15, 0.2) is 24.4 Å². The number of hydrogen-bond acceptors (Lipinski definition) is 6. The molecular formula is C14H14N4O2. The predicted octanol–water partition coefficient (Wildman–Crippen LogP) is 0.971. The van der Waals surface area contributed by atoms with Crippen molar-refractivity contribution in [1.29, 1.82) is 0 Å². The zero-order valence-corrected chi connectivity index (χ0v) is 11.1. The molecule has 0 aromatic carbocycles. The van der Waals surface area contributed by atoms with Crippen LogP contribution in [-0.4, -0.2) is 34.6 Å². The third-order valence-corrected chi connectivity index (χ3v) is 3.21. The van der Waals surface area contributed by atoms with E-state index in [0.29, 0.717) is 23.8 Å². The van der Waals surface area contributed by atoms with Gasteiger partial charge in [0.2, 0.25) is 0 Å². The normalized spacial score (nSPS) is 13.7. The predicted molar refractivity (Wildman–Crippen MR) is 72.0 cm³/mol. The van der Waals surface area contributed by atoms with E-state index in [1.165, 1.54) is 7.11 Å². The van der Waals surface area contributed by atoms with Gasteiger partial charge in [-0.2, -0.15) is 0 Å². The smallest absolute Gasteiger partial charge is 0.357 e. The Morgan fingerprint density at radius 1 is 1.35 bits per heavy atom. The first kappa shape index (κ1) is 12.7. The van der Waals surface area contributed by atoms with Crippen LogP contribution >= 0.6 is 0 Å². The van der Waals surface area contributed by atoms with E-state index in [9.17, 15) is 4.79 Å². The summed E-state index contributed by atoms with van der Waals surface area (Å²) in [5.74, 6) is 0.0242. The Bertz CT molecular complexity index is 643. The third-order valence-electron chi connectivity index (χ3n) is 3.21. The number of rotatable bonds is 2. The second kappa shape index (κ2) is 5.34. The van der Waals surface area contributed by atoms with E-state index in [0.717, 1.165) is 24.2 Å². The second-order valence-electron chi connectivity index (χ2n) is 4.45. The van der Waals surface area contributed by atoms with Gasteiger partial charge in [0.1, 0.15) is 5.69 Å². The quantitative estimate of drug-likeness (QED) is 0.819. The molecule has 0 radical (unpaired) electrons. The molecule has 1 aliphatic heterocycles. The minimum atomic E-state index is -0.440. The van der Waals surface area contributed by atoms with Crippen molar-refractivity contribution < 1.29 is 9.53 Å². The first-order chi connectivity index (χ1) is 9.79. The highest BCUT2D eigenvalue weighted by atomic mass is 16.5. The Hall–Kier alpha value is -2.34. The number of pyridine rings is 1. The van der Waals surface area contributed by atoms with Crippen LogP contribution in [-0.2, 0) is 17.7 Å². The van der Waals surface area contributed by atoms with Gasteiger partial charge in [0.05, 0.1) is 12.8 Å². The molecule has 2 aromatic rings. The Kier molecular flexibility index (Phi) is 3.39. The van der Waals surface area contributed by atoms with Crippen molar-refractivity contribution in [2.24, 2.45) is 0 Å². The van der Waals surface area contributed by atoms with Gasteiger partial charge in [-0.25, -0.2) is 14.8 Å². The average Bonchev–Trinajstić information content (AvgIpc) is 2.54. The molecule has 0 spiro atoms. The Balaban J connectivity index is 2.15. The van der Waals surface area contributed by atoms with Gasteiger partial charge >= 0.3 is 5.97 Å². The minimum Gasteiger partial charge on any atom is -0.464 e. The van der Waals surface area contributed by atoms with E-state index in [2.05, 4.69) is 20.3 Å². The molecule has 0 unspecified atom stereocenters. The van der Waals surface area contributed by atoms with Gasteiger partial charge in [0, 0.05) is 31.3 Å². The van der Waals surface area contributed by atoms with E-state index in [1.807, 2.05) is 18.2 Å². The maximum Gasteiger partial charge on any atom is 0.357 e. The van der Waals surface area contributed by atoms with E-state index >= 15 is 0 Å². The molecule has 102 valence electrons. The van der Waals surface area contributed by atoms with Crippen LogP contribution in [0.2, 0.25) is 0 Å². The van der Waals surface area contributed by atoms with E-state index in [1.54, 1.807) is 6.20 Å². The van der Waals surface area contributed by atoms with Crippen LogP contribution < -0.4 is 5.32 Å². The van der Waals surface area contributed by atoms with Crippen molar-refractivity contribution in [3.63, 3.8) is 0 Å². The number of methoxy groups -OCH3 is 1. The van der Waals surface area contributed by atoms with Crippen molar-refractivity contribution in [3.8, 4) is 11.5 Å². The van der Waals surface area contributed by atoms with Crippen LogP contribution in [0.4, 0.5) is 0 Å². The molecule has 1 N–H and O–H groups in total. The molecule has 6 nitrogen and oxygen atoms in total. The van der Waals surface area contributed by atoms with Crippen LogP contribution in [0.25, 0.3) is 11.5 Å². The number of aromatic nitrogens is 3. The number of hydrogen-bond donors (Lipinski definition) is 1. The Morgan fingerprint density at radius 3 is 3.00 bits per heavy atom. The van der Waals surface area contributed by atoms with Crippen molar-refractivity contribution in [3.05, 3.63) is 41.3 Å². The molecule has 1 aliphatic rings. The standard InChI is InChI=1S/C14H14N4O2/c1-20-14(19)12-9-8-15-7-5-10(9)17-13(18-12)11-4-2-3-6-16-11/h2-4,6,15H,5,7-8H2,1H3. The van der Waals surface area contributed by atoms with Crippen LogP contribution in [0, 0.1) is 0 Å². The van der Waals surface area contributed by atoms with Crippen molar-refractivity contribution >= 4 is 5.97 Å². The molecule has 20 heavy (non-hydrogen) atoms. The largest absolute Gasteiger partial charge is 0.464 e. The highest BCUT2D eigenvalue weighted by Gasteiger charge is 2.23. The molecule has 0 saturated carbocycles. The van der Waals surface area contributed by atoms with Gasteiger partial charge in [0.25, 0.3) is 0 Å². The van der Waals surface area contributed by atoms with E-state index in [-0.39, 0.29) is 0 Å². The van der Waals surface area contributed by atoms with Crippen LogP contribution in [0.5, 0.6) is 0 Å². The lowest BCUT2D eigenvalue weighted by Gasteiger charge is -2.18. The summed E-state index contributed by atoms with van der Waals surface area (Å²) in [6.07, 6.45) is 2.44. The van der Waals surface area contributed by atoms with Crippen molar-refractivity contribution in [2.45, 2.75) is 13.0 Å². The molecule has 6 heteroatoms. The number of carbonyl (C=O) groups is 1. The average molecular weight is 270 g/mol. The van der Waals surface area contributed by atoms with Crippen LogP contribution in [0.3, 0.4) is 0 Å². The molecule has 3 rings (SSSR count). The third kappa shape index (κ3) is 2.25. The van der Waals surface area contributed by atoms with Crippen molar-refractivity contribution in [2.75, 3.05) is 13.7 Å². The molecule has 0 aliphatic carbocycles. The summed E-state index contributed by atoms with van der Waals surface area (Å²) in [6, 6.07) is 5.52. The summed E-state index contributed by atoms with van der Waals surface area (Å²) in [5, 5.41) is 3.22. The number of nitrogens with zero attached hydrogens (tertiary/aromatic N) is 3. The fourth-order valence-electron chi connectivity index (χ4n) is 2.22. The number of nitrogens with one attached hydrogen (secondary N) is 1. The maximum atomic E-state index is 11.9. The molecule has 0 fully saturated rings. The zero-order valence-electron chi connectivity index (χ0n) is 11.1. The number of esters is 1. The first-order valence-electron chi connectivity index (χ1n) is 6.40. The van der Waals surface area contributed by atoms with E-state index in [4.69, 9.17) is 4.74 Å². The fourth-order valence-corrected chi connectivity index (χ4v) is 2.22. The lowest BCUT2D eigenvalue weighted by Crippen LogP contribution is -2.28. The van der Waals surface area contributed by atoms with Gasteiger partial charge < -0.3 is 10.1 Å². The van der Waals surface area contributed by atoms with E-state index < -0.39 is 5.97 Å². The number of ether oxygens (including phenoxy) is 1. The molecule has 0 saturated heterocycles. The summed E-state index contributed by atoms with van der Waals surface area (Å²) < 4.78 is 4.82. The first-order valence-corrected chi connectivity index (χ1v) is 6.40.